The molecule has 0 amide bonds. The van der Waals surface area contributed by atoms with Crippen molar-refractivity contribution >= 4 is 11.3 Å². The van der Waals surface area contributed by atoms with Crippen LogP contribution in [-0.2, 0) is 0 Å². The quantitative estimate of drug-likeness (QED) is 0.704. The van der Waals surface area contributed by atoms with Crippen LogP contribution in [0.25, 0.3) is 0 Å². The minimum absolute atomic E-state index is 0.105. The van der Waals surface area contributed by atoms with Gasteiger partial charge in [0.2, 0.25) is 0 Å². The summed E-state index contributed by atoms with van der Waals surface area (Å²) in [6, 6.07) is 2.24. The molecule has 0 aliphatic heterocycles. The van der Waals surface area contributed by atoms with Crippen LogP contribution in [0.1, 0.15) is 48.5 Å². The maximum Gasteiger partial charge on any atom is 0.0609 e. The first-order valence-electron chi connectivity index (χ1n) is 5.50. The monoisotopic (exact) mass is 210 g/mol. The van der Waals surface area contributed by atoms with Crippen LogP contribution in [0.3, 0.4) is 0 Å². The highest BCUT2D eigenvalue weighted by atomic mass is 32.1. The van der Waals surface area contributed by atoms with Crippen LogP contribution in [0.5, 0.6) is 0 Å². The smallest absolute Gasteiger partial charge is 0.0609 e. The highest BCUT2D eigenvalue weighted by Gasteiger charge is 2.23. The molecule has 0 spiro atoms. The second-order valence-electron chi connectivity index (χ2n) is 4.30. The lowest BCUT2D eigenvalue weighted by atomic mass is 9.91. The van der Waals surface area contributed by atoms with Crippen molar-refractivity contribution in [2.24, 2.45) is 0 Å². The highest BCUT2D eigenvalue weighted by molar-refractivity contribution is 7.10. The molecule has 1 N–H and O–H groups in total. The third kappa shape index (κ3) is 2.18. The number of aliphatic hydroxyl groups excluding tert-OH is 1. The van der Waals surface area contributed by atoms with Crippen molar-refractivity contribution in [3.8, 4) is 0 Å². The lowest BCUT2D eigenvalue weighted by Gasteiger charge is -2.18. The molecule has 0 aromatic carbocycles. The molecule has 1 aromatic heterocycles. The molecule has 1 aliphatic carbocycles. The normalized spacial score (nSPS) is 28.7. The van der Waals surface area contributed by atoms with E-state index in [0.717, 1.165) is 12.8 Å². The van der Waals surface area contributed by atoms with Crippen molar-refractivity contribution in [1.29, 1.82) is 0 Å². The number of hydrogen-bond acceptors (Lipinski definition) is 2. The van der Waals surface area contributed by atoms with Crippen LogP contribution >= 0.6 is 11.3 Å². The number of aliphatic hydroxyl groups is 1. The van der Waals surface area contributed by atoms with Gasteiger partial charge in [0.05, 0.1) is 6.10 Å². The number of aryl methyl sites for hydroxylation is 1. The molecule has 78 valence electrons. The molecule has 0 saturated heterocycles. The Kier molecular flexibility index (Phi) is 3.24. The summed E-state index contributed by atoms with van der Waals surface area (Å²) in [6.07, 6.45) is 5.80. The van der Waals surface area contributed by atoms with E-state index in [1.165, 1.54) is 29.7 Å². The number of rotatable bonds is 1. The standard InChI is InChI=1S/C12H18OS/c1-9-7-10(8-14-9)11-5-3-2-4-6-12(11)13/h7-8,11-13H,2-6H2,1H3. The molecule has 2 rings (SSSR count). The Balaban J connectivity index is 2.14. The van der Waals surface area contributed by atoms with Crippen LogP contribution in [0, 0.1) is 6.92 Å². The van der Waals surface area contributed by atoms with Crippen molar-refractivity contribution in [3.63, 3.8) is 0 Å². The zero-order chi connectivity index (χ0) is 9.97. The SMILES string of the molecule is Cc1cc(C2CCCCCC2O)cs1. The van der Waals surface area contributed by atoms with E-state index in [-0.39, 0.29) is 6.10 Å². The molecule has 2 atom stereocenters. The van der Waals surface area contributed by atoms with E-state index in [2.05, 4.69) is 18.4 Å². The van der Waals surface area contributed by atoms with Gasteiger partial charge < -0.3 is 5.11 Å². The van der Waals surface area contributed by atoms with Gasteiger partial charge in [0.15, 0.2) is 0 Å². The van der Waals surface area contributed by atoms with Crippen LogP contribution in [-0.4, -0.2) is 11.2 Å². The molecule has 1 nitrogen and oxygen atoms in total. The topological polar surface area (TPSA) is 20.2 Å². The van der Waals surface area contributed by atoms with Gasteiger partial charge in [-0.3, -0.25) is 0 Å². The van der Waals surface area contributed by atoms with E-state index >= 15 is 0 Å². The van der Waals surface area contributed by atoms with Crippen LogP contribution in [0.4, 0.5) is 0 Å². The lowest BCUT2D eigenvalue weighted by molar-refractivity contribution is 0.135. The molecular weight excluding hydrogens is 192 g/mol. The summed E-state index contributed by atoms with van der Waals surface area (Å²) in [5.41, 5.74) is 1.36. The molecule has 0 bridgehead atoms. The largest absolute Gasteiger partial charge is 0.392 e. The predicted octanol–water partition coefficient (Wildman–Crippen LogP) is 3.47. The van der Waals surface area contributed by atoms with Gasteiger partial charge in [-0.2, -0.15) is 0 Å². The van der Waals surface area contributed by atoms with Crippen molar-refractivity contribution in [2.75, 3.05) is 0 Å². The number of thiophene rings is 1. The van der Waals surface area contributed by atoms with E-state index in [1.54, 1.807) is 11.3 Å². The van der Waals surface area contributed by atoms with Crippen LogP contribution < -0.4 is 0 Å². The summed E-state index contributed by atoms with van der Waals surface area (Å²) in [7, 11) is 0. The van der Waals surface area contributed by atoms with E-state index in [4.69, 9.17) is 0 Å². The van der Waals surface area contributed by atoms with Gasteiger partial charge in [-0.15, -0.1) is 11.3 Å². The van der Waals surface area contributed by atoms with Crippen LogP contribution in [0.2, 0.25) is 0 Å². The van der Waals surface area contributed by atoms with Crippen LogP contribution in [0.15, 0.2) is 11.4 Å². The van der Waals surface area contributed by atoms with E-state index < -0.39 is 0 Å². The Hall–Kier alpha value is -0.340. The first-order chi connectivity index (χ1) is 6.77. The third-order valence-corrected chi connectivity index (χ3v) is 4.04. The van der Waals surface area contributed by atoms with Crippen molar-refractivity contribution in [1.82, 2.24) is 0 Å². The Morgan fingerprint density at radius 3 is 2.79 bits per heavy atom. The molecular formula is C12H18OS. The first-order valence-corrected chi connectivity index (χ1v) is 6.38. The van der Waals surface area contributed by atoms with Gasteiger partial charge in [-0.25, -0.2) is 0 Å². The minimum Gasteiger partial charge on any atom is -0.392 e. The highest BCUT2D eigenvalue weighted by Crippen LogP contribution is 2.33. The maximum absolute atomic E-state index is 10.0. The summed E-state index contributed by atoms with van der Waals surface area (Å²) >= 11 is 1.80. The van der Waals surface area contributed by atoms with Gasteiger partial charge in [-0.05, 0) is 36.8 Å². The first kappa shape index (κ1) is 10.2. The second kappa shape index (κ2) is 4.45. The molecule has 1 heterocycles. The van der Waals surface area contributed by atoms with Crippen molar-refractivity contribution in [2.45, 2.75) is 51.0 Å². The van der Waals surface area contributed by atoms with Gasteiger partial charge >= 0.3 is 0 Å². The van der Waals surface area contributed by atoms with E-state index in [0.29, 0.717) is 5.92 Å². The van der Waals surface area contributed by atoms with Gasteiger partial charge in [0.25, 0.3) is 0 Å². The maximum atomic E-state index is 10.0. The summed E-state index contributed by atoms with van der Waals surface area (Å²) in [5.74, 6) is 0.405. The molecule has 1 saturated carbocycles. The average molecular weight is 210 g/mol. The molecule has 2 heteroatoms. The summed E-state index contributed by atoms with van der Waals surface area (Å²) in [5, 5.41) is 12.2. The molecule has 1 fully saturated rings. The fourth-order valence-electron chi connectivity index (χ4n) is 2.34. The lowest BCUT2D eigenvalue weighted by Crippen LogP contribution is -2.16. The fourth-order valence-corrected chi connectivity index (χ4v) is 3.10. The molecule has 14 heavy (non-hydrogen) atoms. The Labute approximate surface area is 89.8 Å². The van der Waals surface area contributed by atoms with Gasteiger partial charge in [-0.1, -0.05) is 19.3 Å². The molecule has 0 radical (unpaired) electrons. The van der Waals surface area contributed by atoms with Gasteiger partial charge in [0.1, 0.15) is 0 Å². The number of hydrogen-bond donors (Lipinski definition) is 1. The predicted molar refractivity (Wildman–Crippen MR) is 60.9 cm³/mol. The minimum atomic E-state index is -0.105. The summed E-state index contributed by atoms with van der Waals surface area (Å²) in [6.45, 7) is 2.14. The van der Waals surface area contributed by atoms with Crippen molar-refractivity contribution in [3.05, 3.63) is 21.9 Å². The summed E-state index contributed by atoms with van der Waals surface area (Å²) in [4.78, 5) is 1.36. The third-order valence-electron chi connectivity index (χ3n) is 3.16. The summed E-state index contributed by atoms with van der Waals surface area (Å²) < 4.78 is 0. The van der Waals surface area contributed by atoms with Gasteiger partial charge in [0, 0.05) is 10.8 Å². The van der Waals surface area contributed by atoms with E-state index in [1.807, 2.05) is 0 Å². The average Bonchev–Trinajstić information content (AvgIpc) is 2.46. The zero-order valence-electron chi connectivity index (χ0n) is 8.70. The molecule has 1 aromatic rings. The van der Waals surface area contributed by atoms with Crippen molar-refractivity contribution < 1.29 is 5.11 Å². The second-order valence-corrected chi connectivity index (χ2v) is 5.42. The Morgan fingerprint density at radius 1 is 1.29 bits per heavy atom. The molecule has 2 unspecified atom stereocenters. The van der Waals surface area contributed by atoms with E-state index in [9.17, 15) is 5.11 Å². The Bertz CT molecular complexity index is 292. The fraction of sp³-hybridized carbons (Fsp3) is 0.667. The zero-order valence-corrected chi connectivity index (χ0v) is 9.52. The molecule has 1 aliphatic rings. The Morgan fingerprint density at radius 2 is 2.07 bits per heavy atom.